The van der Waals surface area contributed by atoms with Gasteiger partial charge in [0.1, 0.15) is 17.5 Å². The summed E-state index contributed by atoms with van der Waals surface area (Å²) in [6, 6.07) is 9.80. The maximum Gasteiger partial charge on any atom is 0.416 e. The Morgan fingerprint density at radius 3 is 2.44 bits per heavy atom. The maximum absolute atomic E-state index is 15.0. The SMILES string of the molecule is CC(CO)Nc1nc(Nc2cccc([SH](=N)=O)c2)ncc1-c1ccc(NC(=O)Nc2cc(C(F)(F)F)ccc2F)c(F)c1. The number of carbonyl (C=O) groups is 1. The van der Waals surface area contributed by atoms with Crippen molar-refractivity contribution in [1.29, 1.82) is 4.78 Å². The first-order valence-electron chi connectivity index (χ1n) is 12.4. The highest BCUT2D eigenvalue weighted by molar-refractivity contribution is 7.73. The molecule has 0 aliphatic rings. The predicted molar refractivity (Wildman–Crippen MR) is 152 cm³/mol. The Morgan fingerprint density at radius 1 is 1.02 bits per heavy atom. The summed E-state index contributed by atoms with van der Waals surface area (Å²) in [6.07, 6.45) is -3.39. The molecule has 43 heavy (non-hydrogen) atoms. The fraction of sp³-hybridized carbons (Fsp3) is 0.148. The Kier molecular flexibility index (Phi) is 9.40. The molecule has 1 heterocycles. The molecule has 4 rings (SSSR count). The molecule has 16 heteroatoms. The van der Waals surface area contributed by atoms with Crippen molar-refractivity contribution >= 4 is 45.5 Å². The second-order valence-electron chi connectivity index (χ2n) is 9.12. The highest BCUT2D eigenvalue weighted by atomic mass is 32.2. The Morgan fingerprint density at radius 2 is 1.77 bits per heavy atom. The van der Waals surface area contributed by atoms with Gasteiger partial charge in [-0.05, 0) is 61.0 Å². The van der Waals surface area contributed by atoms with E-state index in [1.165, 1.54) is 30.5 Å². The largest absolute Gasteiger partial charge is 0.416 e. The Hall–Kier alpha value is -4.83. The van der Waals surface area contributed by atoms with E-state index in [1.807, 2.05) is 5.32 Å². The van der Waals surface area contributed by atoms with Crippen molar-refractivity contribution in [3.8, 4) is 11.1 Å². The molecule has 2 unspecified atom stereocenters. The molecule has 0 saturated heterocycles. The Labute approximate surface area is 243 Å². The molecule has 4 aromatic rings. The molecule has 10 nitrogen and oxygen atoms in total. The molecule has 226 valence electrons. The summed E-state index contributed by atoms with van der Waals surface area (Å²) in [5.74, 6) is -1.74. The summed E-state index contributed by atoms with van der Waals surface area (Å²) in [5, 5.41) is 19.5. The number of aliphatic hydroxyl groups is 1. The topological polar surface area (TPSA) is 152 Å². The molecule has 0 aliphatic heterocycles. The summed E-state index contributed by atoms with van der Waals surface area (Å²) in [5.41, 5.74) is -1.23. The van der Waals surface area contributed by atoms with Gasteiger partial charge in [0, 0.05) is 28.4 Å². The van der Waals surface area contributed by atoms with Gasteiger partial charge < -0.3 is 26.4 Å². The van der Waals surface area contributed by atoms with E-state index in [2.05, 4.69) is 25.9 Å². The van der Waals surface area contributed by atoms with Crippen molar-refractivity contribution in [2.24, 2.45) is 0 Å². The molecule has 0 saturated carbocycles. The van der Waals surface area contributed by atoms with Gasteiger partial charge in [0.05, 0.1) is 34.1 Å². The Balaban J connectivity index is 1.57. The number of nitrogens with one attached hydrogen (secondary N) is 5. The molecule has 2 amide bonds. The molecule has 0 spiro atoms. The minimum atomic E-state index is -4.77. The van der Waals surface area contributed by atoms with Gasteiger partial charge in [-0.15, -0.1) is 0 Å². The number of rotatable bonds is 9. The van der Waals surface area contributed by atoms with E-state index in [9.17, 15) is 31.7 Å². The summed E-state index contributed by atoms with van der Waals surface area (Å²) in [6.45, 7) is 1.41. The number of hydrogen-bond donors (Lipinski definition) is 7. The zero-order valence-electron chi connectivity index (χ0n) is 22.1. The van der Waals surface area contributed by atoms with Gasteiger partial charge in [-0.25, -0.2) is 22.8 Å². The average Bonchev–Trinajstić information content (AvgIpc) is 2.95. The van der Waals surface area contributed by atoms with Crippen LogP contribution in [0.3, 0.4) is 0 Å². The standard InChI is InChI=1S/C27H24F5N7O3S/c1-14(13-40)35-24-19(12-34-25(39-24)36-17-3-2-4-18(11-17)43(33)42)15-5-8-22(21(29)9-15)37-26(41)38-23-10-16(27(30,31)32)6-7-20(23)28/h2-12,14,33,40,43H,13H2,1H3,(H2,37,38,41)(H2,34,35,36,39). The normalized spacial score (nSPS) is 12.7. The number of thiol groups is 1. The lowest BCUT2D eigenvalue weighted by Gasteiger charge is -2.17. The van der Waals surface area contributed by atoms with Crippen LogP contribution in [-0.2, 0) is 16.8 Å². The van der Waals surface area contributed by atoms with Crippen LogP contribution in [0.4, 0.5) is 55.6 Å². The summed E-state index contributed by atoms with van der Waals surface area (Å²) >= 11 is 0. The third kappa shape index (κ3) is 7.92. The smallest absolute Gasteiger partial charge is 0.394 e. The van der Waals surface area contributed by atoms with E-state index in [0.29, 0.717) is 34.3 Å². The van der Waals surface area contributed by atoms with E-state index < -0.39 is 51.7 Å². The third-order valence-electron chi connectivity index (χ3n) is 5.85. The molecule has 0 aliphatic carbocycles. The number of halogens is 5. The molecule has 0 bridgehead atoms. The Bertz CT molecular complexity index is 1730. The second kappa shape index (κ2) is 13.0. The lowest BCUT2D eigenvalue weighted by Crippen LogP contribution is -2.21. The zero-order valence-corrected chi connectivity index (χ0v) is 23.0. The number of benzene rings is 3. The fourth-order valence-electron chi connectivity index (χ4n) is 3.74. The second-order valence-corrected chi connectivity index (χ2v) is 10.2. The minimum Gasteiger partial charge on any atom is -0.394 e. The van der Waals surface area contributed by atoms with Crippen LogP contribution in [0.15, 0.2) is 71.8 Å². The van der Waals surface area contributed by atoms with Gasteiger partial charge >= 0.3 is 12.2 Å². The first-order valence-corrected chi connectivity index (χ1v) is 13.6. The van der Waals surface area contributed by atoms with Gasteiger partial charge in [-0.2, -0.15) is 18.2 Å². The van der Waals surface area contributed by atoms with Crippen LogP contribution in [0, 0.1) is 16.4 Å². The maximum atomic E-state index is 15.0. The van der Waals surface area contributed by atoms with Crippen molar-refractivity contribution in [2.75, 3.05) is 27.9 Å². The first-order chi connectivity index (χ1) is 20.3. The highest BCUT2D eigenvalue weighted by Crippen LogP contribution is 2.33. The number of carbonyl (C=O) groups excluding carboxylic acids is 1. The van der Waals surface area contributed by atoms with Crippen molar-refractivity contribution in [2.45, 2.75) is 24.0 Å². The number of alkyl halides is 3. The summed E-state index contributed by atoms with van der Waals surface area (Å²) in [7, 11) is -2.32. The molecule has 0 radical (unpaired) electrons. The van der Waals surface area contributed by atoms with Crippen molar-refractivity contribution < 1.29 is 36.1 Å². The number of urea groups is 1. The van der Waals surface area contributed by atoms with Crippen LogP contribution in [-0.4, -0.2) is 38.0 Å². The van der Waals surface area contributed by atoms with Crippen LogP contribution in [0.25, 0.3) is 11.1 Å². The van der Waals surface area contributed by atoms with Gasteiger partial charge in [-0.3, -0.25) is 4.78 Å². The van der Waals surface area contributed by atoms with Crippen molar-refractivity contribution in [3.63, 3.8) is 0 Å². The van der Waals surface area contributed by atoms with Gasteiger partial charge in [0.2, 0.25) is 5.95 Å². The molecule has 3 aromatic carbocycles. The van der Waals surface area contributed by atoms with E-state index in [1.54, 1.807) is 19.1 Å². The molecule has 0 fully saturated rings. The number of amides is 2. The quantitative estimate of drug-likeness (QED) is 0.0865. The van der Waals surface area contributed by atoms with Gasteiger partial charge in [-0.1, -0.05) is 12.1 Å². The summed E-state index contributed by atoms with van der Waals surface area (Å²) < 4.78 is 86.8. The molecule has 2 atom stereocenters. The molecular weight excluding hydrogens is 597 g/mol. The predicted octanol–water partition coefficient (Wildman–Crippen LogP) is 6.22. The number of hydrogen-bond acceptors (Lipinski definition) is 8. The fourth-order valence-corrected chi connectivity index (χ4v) is 4.22. The third-order valence-corrected chi connectivity index (χ3v) is 6.60. The van der Waals surface area contributed by atoms with Crippen molar-refractivity contribution in [1.82, 2.24) is 9.97 Å². The first kappa shape index (κ1) is 31.1. The van der Waals surface area contributed by atoms with E-state index in [-0.39, 0.29) is 29.6 Å². The van der Waals surface area contributed by atoms with Crippen LogP contribution in [0.5, 0.6) is 0 Å². The van der Waals surface area contributed by atoms with E-state index in [0.717, 1.165) is 6.07 Å². The molecular formula is C27H24F5N7O3S. The highest BCUT2D eigenvalue weighted by Gasteiger charge is 2.31. The number of nitrogens with zero attached hydrogens (tertiary/aromatic N) is 2. The van der Waals surface area contributed by atoms with Crippen molar-refractivity contribution in [3.05, 3.63) is 84.1 Å². The lowest BCUT2D eigenvalue weighted by atomic mass is 10.1. The summed E-state index contributed by atoms with van der Waals surface area (Å²) in [4.78, 5) is 21.3. The molecule has 1 aromatic heterocycles. The average molecular weight is 622 g/mol. The number of aromatic nitrogens is 2. The number of aliphatic hydroxyl groups excluding tert-OH is 1. The number of anilines is 5. The minimum absolute atomic E-state index is 0.103. The van der Waals surface area contributed by atoms with Crippen LogP contribution >= 0.6 is 0 Å². The van der Waals surface area contributed by atoms with Crippen LogP contribution < -0.4 is 21.3 Å². The lowest BCUT2D eigenvalue weighted by molar-refractivity contribution is -0.137. The molecule has 6 N–H and O–H groups in total. The van der Waals surface area contributed by atoms with E-state index >= 15 is 4.39 Å². The zero-order chi connectivity index (χ0) is 31.3. The van der Waals surface area contributed by atoms with Crippen LogP contribution in [0.2, 0.25) is 0 Å². The van der Waals surface area contributed by atoms with Crippen LogP contribution in [0.1, 0.15) is 12.5 Å². The monoisotopic (exact) mass is 621 g/mol. The van der Waals surface area contributed by atoms with Gasteiger partial charge in [0.15, 0.2) is 0 Å². The van der Waals surface area contributed by atoms with E-state index in [4.69, 9.17) is 4.78 Å². The van der Waals surface area contributed by atoms with Gasteiger partial charge in [0.25, 0.3) is 0 Å².